The Morgan fingerprint density at radius 1 is 0.361 bits per heavy atom. The molecule has 97 heavy (non-hydrogen) atoms. The average Bonchev–Trinajstić information content (AvgIpc) is 3.24. The van der Waals surface area contributed by atoms with E-state index in [2.05, 4.69) is 19.7 Å². The Bertz CT molecular complexity index is 3480. The van der Waals surface area contributed by atoms with Crippen molar-refractivity contribution in [1.29, 1.82) is 0 Å². The predicted octanol–water partition coefficient (Wildman–Crippen LogP) is 11.0. The molecule has 0 saturated carbocycles. The molecular formula is C73H96N6O18. The highest BCUT2D eigenvalue weighted by Crippen LogP contribution is 2.22. The summed E-state index contributed by atoms with van der Waals surface area (Å²) in [6.45, 7) is 18.8. The number of aliphatic hydroxyl groups is 4. The first kappa shape index (κ1) is 84.6. The van der Waals surface area contributed by atoms with Crippen LogP contribution in [0.5, 0.6) is 0 Å². The number of aliphatic hydroxyl groups excluding tert-OH is 4. The van der Waals surface area contributed by atoms with Crippen LogP contribution in [0.25, 0.3) is 0 Å². The second kappa shape index (κ2) is 46.6. The Hall–Kier alpha value is -10.4. The van der Waals surface area contributed by atoms with Gasteiger partial charge in [0.15, 0.2) is 24.4 Å². The van der Waals surface area contributed by atoms with Gasteiger partial charge in [-0.1, -0.05) is 122 Å². The van der Waals surface area contributed by atoms with Gasteiger partial charge in [-0.15, -0.1) is 0 Å². The number of aryl methyl sites for hydroxylation is 1. The lowest BCUT2D eigenvalue weighted by atomic mass is 10.1. The Balaban J connectivity index is 0.000000566. The molecule has 7 unspecified atom stereocenters. The predicted molar refractivity (Wildman–Crippen MR) is 378 cm³/mol. The van der Waals surface area contributed by atoms with E-state index < -0.39 is 54.4 Å². The number of carboxylic acid groups (broad SMARTS) is 4. The topological polar surface area (TPSA) is 442 Å². The molecular weight excluding hydrogens is 1250 g/mol. The molecule has 20 N–H and O–H groups in total. The van der Waals surface area contributed by atoms with Gasteiger partial charge < -0.3 is 104 Å². The van der Waals surface area contributed by atoms with E-state index in [0.717, 1.165) is 27.8 Å². The van der Waals surface area contributed by atoms with Gasteiger partial charge in [-0.3, -0.25) is 0 Å². The fraction of sp³-hybridized carbons (Fsp3) is 0.288. The summed E-state index contributed by atoms with van der Waals surface area (Å²) in [5.41, 5.74) is 44.0. The number of hydrogen-bond acceptors (Lipinski definition) is 20. The normalized spacial score (nSPS) is 12.4. The highest BCUT2D eigenvalue weighted by molar-refractivity contribution is 5.76. The standard InChI is InChI=1S/C12H17NO2.C11H15NO2.C11H14O3.2C10H13NO3.C10H13NO2.C9H11NO3/c1-3-15-12(9(2)14)8-10-5-4-6-11(13)7-10;1-8(13)11(14-2)7-9-4-3-5-10(12)6-9;1-3-14-10(11(12)13)9-6-4-5-8(2)7-9;1-14-9(10(12)13)6-7-2-4-8(11)5-3-7;1-2-14-9(10(12)13)7-3-5-8(11)6-4-7;1-7(12)10(13)6-8-3-2-4-9(11)5-8;1-13-8(9(11)12)6-2-4-7(10)5-3-6/h4-7,12,14H,2-3,8,13H2,1H3;3-6,11,13H,1,7,12H2,2H3;4-7,10H,3H2,1-2H3,(H,12,13);2-5,9H,6,11H2,1H3,(H,12,13);3-6,9H,2,11H2,1H3,(H,12,13);2-5,10,12-13H,1,6,11H2;2-5,8H,10H2,1H3,(H,11,12). The molecule has 7 aromatic rings. The van der Waals surface area contributed by atoms with Crippen molar-refractivity contribution < 1.29 is 88.5 Å². The van der Waals surface area contributed by atoms with Crippen molar-refractivity contribution in [2.45, 2.75) is 96.1 Å². The van der Waals surface area contributed by atoms with Crippen molar-refractivity contribution in [3.63, 3.8) is 0 Å². The SMILES string of the molecule is C=C(O)C(Cc1cccc(N)c1)OC.C=C(O)C(Cc1cccc(N)c1)OCC.C=C(O)C(O)Cc1cccc(N)c1.CCOC(C(=O)O)c1ccc(N)cc1.CCOC(C(=O)O)c1cccc(C)c1.COC(C(=O)O)c1ccc(N)cc1.COC(Cc1ccc(N)cc1)C(=O)O. The number of methoxy groups -OCH3 is 3. The van der Waals surface area contributed by atoms with E-state index in [0.29, 0.717) is 96.3 Å². The number of ether oxygens (including phenoxy) is 6. The molecule has 0 amide bonds. The molecule has 0 aliphatic carbocycles. The van der Waals surface area contributed by atoms with Crippen molar-refractivity contribution in [3.8, 4) is 0 Å². The van der Waals surface area contributed by atoms with Gasteiger partial charge in [-0.25, -0.2) is 19.2 Å². The largest absolute Gasteiger partial charge is 0.510 e. The van der Waals surface area contributed by atoms with Crippen molar-refractivity contribution in [1.82, 2.24) is 0 Å². The minimum Gasteiger partial charge on any atom is -0.510 e. The Kier molecular flexibility index (Phi) is 40.6. The lowest BCUT2D eigenvalue weighted by Gasteiger charge is -2.15. The van der Waals surface area contributed by atoms with E-state index in [4.69, 9.17) is 88.4 Å². The molecule has 0 spiro atoms. The summed E-state index contributed by atoms with van der Waals surface area (Å²) < 4.78 is 30.3. The van der Waals surface area contributed by atoms with Gasteiger partial charge in [0, 0.05) is 101 Å². The van der Waals surface area contributed by atoms with Gasteiger partial charge in [0.2, 0.25) is 0 Å². The monoisotopic (exact) mass is 1340 g/mol. The molecule has 0 aliphatic rings. The van der Waals surface area contributed by atoms with Crippen LogP contribution in [0.4, 0.5) is 34.1 Å². The number of aliphatic carboxylic acids is 4. The number of carbonyl (C=O) groups is 4. The molecule has 0 bridgehead atoms. The minimum absolute atomic E-state index is 0.0370. The zero-order valence-electron chi connectivity index (χ0n) is 55.9. The Morgan fingerprint density at radius 3 is 1.04 bits per heavy atom. The van der Waals surface area contributed by atoms with Gasteiger partial charge in [0.25, 0.3) is 0 Å². The van der Waals surface area contributed by atoms with Crippen molar-refractivity contribution in [3.05, 3.63) is 251 Å². The summed E-state index contributed by atoms with van der Waals surface area (Å²) in [5.74, 6) is -4.03. The van der Waals surface area contributed by atoms with Crippen LogP contribution >= 0.6 is 0 Å². The third kappa shape index (κ3) is 35.0. The summed E-state index contributed by atoms with van der Waals surface area (Å²) in [5, 5.41) is 71.9. The maximum absolute atomic E-state index is 10.9. The van der Waals surface area contributed by atoms with Crippen molar-refractivity contribution in [2.24, 2.45) is 0 Å². The van der Waals surface area contributed by atoms with Gasteiger partial charge in [0.05, 0.1) is 0 Å². The maximum atomic E-state index is 10.9. The summed E-state index contributed by atoms with van der Waals surface area (Å²) in [4.78, 5) is 43.0. The lowest BCUT2D eigenvalue weighted by molar-refractivity contribution is -0.151. The molecule has 0 heterocycles. The third-order valence-electron chi connectivity index (χ3n) is 13.3. The highest BCUT2D eigenvalue weighted by Gasteiger charge is 2.22. The summed E-state index contributed by atoms with van der Waals surface area (Å²) in [6, 6.07) is 49.8. The van der Waals surface area contributed by atoms with Crippen molar-refractivity contribution >= 4 is 58.0 Å². The van der Waals surface area contributed by atoms with Crippen LogP contribution < -0.4 is 34.4 Å². The van der Waals surface area contributed by atoms with Crippen molar-refractivity contribution in [2.75, 3.05) is 75.6 Å². The molecule has 0 saturated heterocycles. The van der Waals surface area contributed by atoms with Crippen LogP contribution in [0.1, 0.15) is 83.6 Å². The molecule has 24 heteroatoms. The third-order valence-corrected chi connectivity index (χ3v) is 13.3. The van der Waals surface area contributed by atoms with E-state index in [-0.39, 0.29) is 29.5 Å². The number of nitrogens with two attached hydrogens (primary N) is 6. The molecule has 526 valence electrons. The summed E-state index contributed by atoms with van der Waals surface area (Å²) in [7, 11) is 4.28. The Labute approximate surface area is 567 Å². The van der Waals surface area contributed by atoms with E-state index in [1.165, 1.54) is 14.2 Å². The van der Waals surface area contributed by atoms with Crippen LogP contribution in [-0.2, 0) is 73.3 Å². The zero-order chi connectivity index (χ0) is 73.2. The minimum atomic E-state index is -1.01. The summed E-state index contributed by atoms with van der Waals surface area (Å²) >= 11 is 0. The summed E-state index contributed by atoms with van der Waals surface area (Å²) in [6.07, 6.45) is -3.23. The van der Waals surface area contributed by atoms with Crippen LogP contribution in [-0.4, -0.2) is 130 Å². The van der Waals surface area contributed by atoms with Gasteiger partial charge in [-0.2, -0.15) is 0 Å². The van der Waals surface area contributed by atoms with Crippen LogP contribution in [0, 0.1) is 6.92 Å². The van der Waals surface area contributed by atoms with E-state index in [1.807, 2.05) is 86.6 Å². The maximum Gasteiger partial charge on any atom is 0.337 e. The number of rotatable bonds is 27. The van der Waals surface area contributed by atoms with Gasteiger partial charge in [-0.05, 0) is 139 Å². The molecule has 0 fully saturated rings. The molecule has 0 radical (unpaired) electrons. The molecule has 7 rings (SSSR count). The van der Waals surface area contributed by atoms with Crippen LogP contribution in [0.15, 0.2) is 207 Å². The van der Waals surface area contributed by atoms with Gasteiger partial charge in [0.1, 0.15) is 35.6 Å². The highest BCUT2D eigenvalue weighted by atomic mass is 16.5. The van der Waals surface area contributed by atoms with E-state index in [1.54, 1.807) is 118 Å². The molecule has 0 aliphatic heterocycles. The molecule has 0 aromatic heterocycles. The number of carboxylic acids is 4. The fourth-order valence-electron chi connectivity index (χ4n) is 8.39. The van der Waals surface area contributed by atoms with Gasteiger partial charge >= 0.3 is 23.9 Å². The number of benzene rings is 7. The second-order valence-corrected chi connectivity index (χ2v) is 21.1. The molecule has 7 atom stereocenters. The molecule has 7 aromatic carbocycles. The van der Waals surface area contributed by atoms with Crippen LogP contribution in [0.2, 0.25) is 0 Å². The fourth-order valence-corrected chi connectivity index (χ4v) is 8.39. The number of hydrogen-bond donors (Lipinski definition) is 14. The molecule has 24 nitrogen and oxygen atoms in total. The second-order valence-electron chi connectivity index (χ2n) is 21.1. The first-order chi connectivity index (χ1) is 45.9. The quantitative estimate of drug-likeness (QED) is 0.0168. The number of nitrogen functional groups attached to an aromatic ring is 6. The van der Waals surface area contributed by atoms with E-state index >= 15 is 0 Å². The first-order valence-corrected chi connectivity index (χ1v) is 30.2. The first-order valence-electron chi connectivity index (χ1n) is 30.2. The lowest BCUT2D eigenvalue weighted by Crippen LogP contribution is -2.24. The smallest absolute Gasteiger partial charge is 0.337 e. The zero-order valence-corrected chi connectivity index (χ0v) is 55.9. The number of anilines is 6. The Morgan fingerprint density at radius 2 is 0.711 bits per heavy atom. The van der Waals surface area contributed by atoms with Crippen LogP contribution in [0.3, 0.4) is 0 Å². The average molecular weight is 1350 g/mol. The van der Waals surface area contributed by atoms with E-state index in [9.17, 15) is 34.5 Å².